The Labute approximate surface area is 108 Å². The second kappa shape index (κ2) is 4.84. The molecule has 0 radical (unpaired) electrons. The number of carbonyl (C=O) groups is 1. The van der Waals surface area contributed by atoms with Crippen LogP contribution >= 0.6 is 0 Å². The summed E-state index contributed by atoms with van der Waals surface area (Å²) in [6.07, 6.45) is -0.293. The number of hydrogen-bond acceptors (Lipinski definition) is 3. The number of nitrogens with zero attached hydrogens (tertiary/aromatic N) is 3. The van der Waals surface area contributed by atoms with Gasteiger partial charge in [-0.05, 0) is 12.8 Å². The van der Waals surface area contributed by atoms with E-state index in [1.165, 1.54) is 17.1 Å². The van der Waals surface area contributed by atoms with Gasteiger partial charge in [-0.3, -0.25) is 9.48 Å². The summed E-state index contributed by atoms with van der Waals surface area (Å²) in [6.45, 7) is -1.25. The first-order valence-electron chi connectivity index (χ1n) is 5.89. The lowest BCUT2D eigenvalue weighted by atomic mass is 10.1. The van der Waals surface area contributed by atoms with E-state index in [4.69, 9.17) is 5.73 Å². The fourth-order valence-corrected chi connectivity index (χ4v) is 1.89. The number of aryl methyl sites for hydroxylation is 1. The molecule has 1 atom stereocenters. The van der Waals surface area contributed by atoms with Crippen LogP contribution in [0.4, 0.5) is 13.2 Å². The number of alkyl halides is 3. The molecular formula is C11H15F3N4O. The fraction of sp³-hybridized carbons (Fsp3) is 0.636. The monoisotopic (exact) mass is 276 g/mol. The molecule has 5 nitrogen and oxygen atoms in total. The van der Waals surface area contributed by atoms with Gasteiger partial charge in [0.05, 0.1) is 6.20 Å². The maximum Gasteiger partial charge on any atom is 0.406 e. The van der Waals surface area contributed by atoms with Crippen LogP contribution in [0.3, 0.4) is 0 Å². The van der Waals surface area contributed by atoms with Crippen molar-refractivity contribution in [2.45, 2.75) is 31.1 Å². The molecule has 1 unspecified atom stereocenters. The molecule has 1 fully saturated rings. The summed E-state index contributed by atoms with van der Waals surface area (Å²) in [5, 5.41) is 3.86. The third-order valence-electron chi connectivity index (χ3n) is 2.97. The van der Waals surface area contributed by atoms with Gasteiger partial charge in [0.1, 0.15) is 12.6 Å². The first-order chi connectivity index (χ1) is 8.78. The number of hydrogen-bond donors (Lipinski definition) is 1. The van der Waals surface area contributed by atoms with E-state index in [9.17, 15) is 18.0 Å². The summed E-state index contributed by atoms with van der Waals surface area (Å²) >= 11 is 0. The number of aromatic nitrogens is 2. The van der Waals surface area contributed by atoms with Gasteiger partial charge in [0.25, 0.3) is 0 Å². The van der Waals surface area contributed by atoms with E-state index in [0.717, 1.165) is 4.90 Å². The van der Waals surface area contributed by atoms with Gasteiger partial charge in [0.15, 0.2) is 0 Å². The molecule has 1 aromatic rings. The number of carbonyl (C=O) groups excluding carboxylic acids is 1. The van der Waals surface area contributed by atoms with Crippen molar-refractivity contribution in [1.82, 2.24) is 14.7 Å². The normalized spacial score (nSPS) is 17.3. The van der Waals surface area contributed by atoms with Crippen molar-refractivity contribution < 1.29 is 18.0 Å². The standard InChI is InChI=1S/C11H15F3N4O/c1-17-5-7(4-16-17)9(15)10(19)18(8-2-3-8)6-11(12,13)14/h4-5,8-9H,2-3,6,15H2,1H3. The van der Waals surface area contributed by atoms with Gasteiger partial charge in [-0.15, -0.1) is 0 Å². The number of amides is 1. The molecule has 0 saturated heterocycles. The highest BCUT2D eigenvalue weighted by atomic mass is 19.4. The van der Waals surface area contributed by atoms with Crippen LogP contribution in [0.25, 0.3) is 0 Å². The Hall–Kier alpha value is -1.57. The van der Waals surface area contributed by atoms with E-state index in [0.29, 0.717) is 18.4 Å². The van der Waals surface area contributed by atoms with Gasteiger partial charge in [-0.2, -0.15) is 18.3 Å². The van der Waals surface area contributed by atoms with Crippen LogP contribution in [-0.4, -0.2) is 39.4 Å². The van der Waals surface area contributed by atoms with Crippen molar-refractivity contribution in [3.05, 3.63) is 18.0 Å². The minimum atomic E-state index is -4.41. The van der Waals surface area contributed by atoms with Gasteiger partial charge in [-0.25, -0.2) is 0 Å². The van der Waals surface area contributed by atoms with Crippen molar-refractivity contribution in [3.8, 4) is 0 Å². The lowest BCUT2D eigenvalue weighted by Gasteiger charge is -2.26. The Morgan fingerprint density at radius 3 is 2.68 bits per heavy atom. The SMILES string of the molecule is Cn1cc(C(N)C(=O)N(CC(F)(F)F)C2CC2)cn1. The second-order valence-electron chi connectivity index (χ2n) is 4.74. The average molecular weight is 276 g/mol. The van der Waals surface area contributed by atoms with Crippen LogP contribution < -0.4 is 5.73 Å². The van der Waals surface area contributed by atoms with E-state index >= 15 is 0 Å². The number of halogens is 3. The van der Waals surface area contributed by atoms with Crippen molar-refractivity contribution in [3.63, 3.8) is 0 Å². The largest absolute Gasteiger partial charge is 0.406 e. The summed E-state index contributed by atoms with van der Waals surface area (Å²) < 4.78 is 38.9. The molecule has 1 aromatic heterocycles. The Morgan fingerprint density at radius 1 is 1.63 bits per heavy atom. The maximum atomic E-state index is 12.5. The van der Waals surface area contributed by atoms with Crippen LogP contribution in [0.1, 0.15) is 24.4 Å². The van der Waals surface area contributed by atoms with E-state index in [-0.39, 0.29) is 6.04 Å². The van der Waals surface area contributed by atoms with Crippen LogP contribution in [0.15, 0.2) is 12.4 Å². The minimum absolute atomic E-state index is 0.336. The van der Waals surface area contributed by atoms with Crippen LogP contribution in [0.5, 0.6) is 0 Å². The smallest absolute Gasteiger partial charge is 0.329 e. The first kappa shape index (κ1) is 13.9. The van der Waals surface area contributed by atoms with Crippen molar-refractivity contribution in [1.29, 1.82) is 0 Å². The summed E-state index contributed by atoms with van der Waals surface area (Å²) in [5.41, 5.74) is 6.14. The molecule has 1 aliphatic rings. The molecule has 0 bridgehead atoms. The first-order valence-corrected chi connectivity index (χ1v) is 5.89. The van der Waals surface area contributed by atoms with Gasteiger partial charge < -0.3 is 10.6 Å². The van der Waals surface area contributed by atoms with Crippen molar-refractivity contribution in [2.75, 3.05) is 6.54 Å². The van der Waals surface area contributed by atoms with E-state index < -0.39 is 24.7 Å². The minimum Gasteiger partial charge on any atom is -0.329 e. The molecule has 0 spiro atoms. The Balaban J connectivity index is 2.11. The molecule has 8 heteroatoms. The molecule has 2 rings (SSSR count). The van der Waals surface area contributed by atoms with E-state index in [1.807, 2.05) is 0 Å². The molecule has 1 heterocycles. The molecular weight excluding hydrogens is 261 g/mol. The maximum absolute atomic E-state index is 12.5. The highest BCUT2D eigenvalue weighted by molar-refractivity contribution is 5.83. The van der Waals surface area contributed by atoms with Crippen LogP contribution in [0.2, 0.25) is 0 Å². The molecule has 1 aliphatic carbocycles. The zero-order valence-corrected chi connectivity index (χ0v) is 10.4. The van der Waals surface area contributed by atoms with Gasteiger partial charge in [-0.1, -0.05) is 0 Å². The summed E-state index contributed by atoms with van der Waals surface area (Å²) in [4.78, 5) is 12.9. The molecule has 106 valence electrons. The Kier molecular flexibility index (Phi) is 3.53. The van der Waals surface area contributed by atoms with E-state index in [1.54, 1.807) is 7.05 Å². The quantitative estimate of drug-likeness (QED) is 0.891. The summed E-state index contributed by atoms with van der Waals surface area (Å²) in [7, 11) is 1.65. The molecule has 0 aliphatic heterocycles. The van der Waals surface area contributed by atoms with Gasteiger partial charge >= 0.3 is 6.18 Å². The summed E-state index contributed by atoms with van der Waals surface area (Å²) in [5.74, 6) is -0.701. The zero-order chi connectivity index (χ0) is 14.2. The predicted molar refractivity (Wildman–Crippen MR) is 60.9 cm³/mol. The van der Waals surface area contributed by atoms with Gasteiger partial charge in [0, 0.05) is 24.8 Å². The van der Waals surface area contributed by atoms with Crippen LogP contribution in [-0.2, 0) is 11.8 Å². The second-order valence-corrected chi connectivity index (χ2v) is 4.74. The molecule has 19 heavy (non-hydrogen) atoms. The fourth-order valence-electron chi connectivity index (χ4n) is 1.89. The Bertz CT molecular complexity index is 467. The lowest BCUT2D eigenvalue weighted by molar-refractivity contribution is -0.163. The lowest BCUT2D eigenvalue weighted by Crippen LogP contribution is -2.44. The topological polar surface area (TPSA) is 64.2 Å². The highest BCUT2D eigenvalue weighted by Crippen LogP contribution is 2.32. The van der Waals surface area contributed by atoms with Crippen LogP contribution in [0, 0.1) is 0 Å². The zero-order valence-electron chi connectivity index (χ0n) is 10.4. The van der Waals surface area contributed by atoms with E-state index in [2.05, 4.69) is 5.10 Å². The summed E-state index contributed by atoms with van der Waals surface area (Å²) in [6, 6.07) is -1.44. The number of nitrogens with two attached hydrogens (primary N) is 1. The molecule has 0 aromatic carbocycles. The average Bonchev–Trinajstić information content (AvgIpc) is 3.05. The van der Waals surface area contributed by atoms with Gasteiger partial charge in [0.2, 0.25) is 5.91 Å². The molecule has 1 saturated carbocycles. The molecule has 1 amide bonds. The highest BCUT2D eigenvalue weighted by Gasteiger charge is 2.42. The van der Waals surface area contributed by atoms with Crippen molar-refractivity contribution in [2.24, 2.45) is 12.8 Å². The van der Waals surface area contributed by atoms with Crippen molar-refractivity contribution >= 4 is 5.91 Å². The Morgan fingerprint density at radius 2 is 2.26 bits per heavy atom. The number of rotatable bonds is 4. The third kappa shape index (κ3) is 3.46. The third-order valence-corrected chi connectivity index (χ3v) is 2.97. The predicted octanol–water partition coefficient (Wildman–Crippen LogP) is 0.973. The molecule has 2 N–H and O–H groups in total.